The largest absolute Gasteiger partial charge is 0.378 e. The lowest BCUT2D eigenvalue weighted by molar-refractivity contribution is -0.119. The maximum Gasteiger partial charge on any atom is 0.0645 e. The highest BCUT2D eigenvalue weighted by Crippen LogP contribution is 2.34. The van der Waals surface area contributed by atoms with Crippen LogP contribution in [0.1, 0.15) is 26.7 Å². The van der Waals surface area contributed by atoms with Crippen molar-refractivity contribution >= 4 is 0 Å². The second kappa shape index (κ2) is 4.84. The van der Waals surface area contributed by atoms with Crippen LogP contribution in [0.5, 0.6) is 0 Å². The zero-order valence-corrected chi connectivity index (χ0v) is 11.5. The van der Waals surface area contributed by atoms with Crippen molar-refractivity contribution in [1.29, 1.82) is 0 Å². The SMILES string of the molecule is CN1CCCC(CN)(N2CCOCC2(C)C)C1. The Bertz CT molecular complexity index is 269. The Hall–Kier alpha value is -0.160. The molecule has 0 spiro atoms. The number of likely N-dealkylation sites (N-methyl/N-ethyl adjacent to an activating group) is 1. The lowest BCUT2D eigenvalue weighted by Crippen LogP contribution is -2.70. The first kappa shape index (κ1) is 13.3. The van der Waals surface area contributed by atoms with Crippen molar-refractivity contribution in [2.75, 3.05) is 46.4 Å². The molecule has 0 aliphatic carbocycles. The Kier molecular flexibility index (Phi) is 3.78. The second-order valence-electron chi connectivity index (χ2n) is 6.29. The molecule has 4 nitrogen and oxygen atoms in total. The first-order valence-electron chi connectivity index (χ1n) is 6.74. The van der Waals surface area contributed by atoms with Gasteiger partial charge in [0, 0.05) is 30.7 Å². The van der Waals surface area contributed by atoms with Crippen LogP contribution < -0.4 is 5.73 Å². The van der Waals surface area contributed by atoms with Gasteiger partial charge >= 0.3 is 0 Å². The fourth-order valence-electron chi connectivity index (χ4n) is 3.57. The van der Waals surface area contributed by atoms with Gasteiger partial charge in [-0.2, -0.15) is 0 Å². The van der Waals surface area contributed by atoms with E-state index in [1.807, 2.05) is 0 Å². The van der Waals surface area contributed by atoms with Crippen LogP contribution in [-0.4, -0.2) is 67.3 Å². The van der Waals surface area contributed by atoms with Gasteiger partial charge in [0.25, 0.3) is 0 Å². The van der Waals surface area contributed by atoms with Crippen molar-refractivity contribution in [2.24, 2.45) is 5.73 Å². The van der Waals surface area contributed by atoms with Crippen LogP contribution in [0.4, 0.5) is 0 Å². The predicted molar refractivity (Wildman–Crippen MR) is 70.1 cm³/mol. The van der Waals surface area contributed by atoms with Gasteiger partial charge in [-0.15, -0.1) is 0 Å². The fourth-order valence-corrected chi connectivity index (χ4v) is 3.57. The maximum absolute atomic E-state index is 6.14. The Morgan fingerprint density at radius 3 is 2.65 bits per heavy atom. The molecule has 0 bridgehead atoms. The van der Waals surface area contributed by atoms with Crippen molar-refractivity contribution < 1.29 is 4.74 Å². The molecule has 100 valence electrons. The van der Waals surface area contributed by atoms with E-state index >= 15 is 0 Å². The Morgan fingerprint density at radius 1 is 1.29 bits per heavy atom. The highest BCUT2D eigenvalue weighted by atomic mass is 16.5. The molecule has 2 N–H and O–H groups in total. The van der Waals surface area contributed by atoms with Gasteiger partial charge in [0.2, 0.25) is 0 Å². The number of rotatable bonds is 2. The number of hydrogen-bond acceptors (Lipinski definition) is 4. The summed E-state index contributed by atoms with van der Waals surface area (Å²) in [6.45, 7) is 10.3. The van der Waals surface area contributed by atoms with E-state index in [-0.39, 0.29) is 11.1 Å². The highest BCUT2D eigenvalue weighted by Gasteiger charge is 2.46. The molecule has 0 aromatic carbocycles. The Balaban J connectivity index is 2.20. The molecule has 0 radical (unpaired) electrons. The van der Waals surface area contributed by atoms with E-state index in [4.69, 9.17) is 10.5 Å². The van der Waals surface area contributed by atoms with Crippen LogP contribution in [0, 0.1) is 0 Å². The lowest BCUT2D eigenvalue weighted by Gasteiger charge is -2.56. The number of morpholine rings is 1. The summed E-state index contributed by atoms with van der Waals surface area (Å²) in [5.41, 5.74) is 6.40. The lowest BCUT2D eigenvalue weighted by atomic mass is 9.83. The van der Waals surface area contributed by atoms with Gasteiger partial charge in [-0.25, -0.2) is 0 Å². The van der Waals surface area contributed by atoms with Crippen LogP contribution >= 0.6 is 0 Å². The van der Waals surface area contributed by atoms with Crippen LogP contribution in [0.15, 0.2) is 0 Å². The van der Waals surface area contributed by atoms with Crippen LogP contribution in [0.2, 0.25) is 0 Å². The monoisotopic (exact) mass is 241 g/mol. The van der Waals surface area contributed by atoms with E-state index in [1.54, 1.807) is 0 Å². The van der Waals surface area contributed by atoms with E-state index in [0.29, 0.717) is 0 Å². The van der Waals surface area contributed by atoms with Gasteiger partial charge < -0.3 is 15.4 Å². The second-order valence-corrected chi connectivity index (χ2v) is 6.29. The highest BCUT2D eigenvalue weighted by molar-refractivity contribution is 5.03. The summed E-state index contributed by atoms with van der Waals surface area (Å²) >= 11 is 0. The van der Waals surface area contributed by atoms with Gasteiger partial charge in [0.15, 0.2) is 0 Å². The molecular formula is C13H27N3O. The van der Waals surface area contributed by atoms with Crippen molar-refractivity contribution in [3.8, 4) is 0 Å². The Morgan fingerprint density at radius 2 is 2.06 bits per heavy atom. The fraction of sp³-hybridized carbons (Fsp3) is 1.00. The van der Waals surface area contributed by atoms with Crippen molar-refractivity contribution in [3.05, 3.63) is 0 Å². The third-order valence-corrected chi connectivity index (χ3v) is 4.34. The third kappa shape index (κ3) is 2.50. The minimum atomic E-state index is 0.107. The number of hydrogen-bond donors (Lipinski definition) is 1. The summed E-state index contributed by atoms with van der Waals surface area (Å²) in [6, 6.07) is 0. The minimum Gasteiger partial charge on any atom is -0.378 e. The maximum atomic E-state index is 6.14. The molecule has 2 rings (SSSR count). The molecule has 2 saturated heterocycles. The standard InChI is InChI=1S/C13H27N3O/c1-12(2)11-17-8-7-16(12)13(9-14)5-4-6-15(3)10-13/h4-11,14H2,1-3H3. The van der Waals surface area contributed by atoms with Gasteiger partial charge in [-0.3, -0.25) is 4.90 Å². The predicted octanol–water partition coefficient (Wildman–Crippen LogP) is 0.520. The molecule has 0 amide bonds. The van der Waals surface area contributed by atoms with Crippen molar-refractivity contribution in [1.82, 2.24) is 9.80 Å². The molecule has 2 aliphatic heterocycles. The number of nitrogens with zero attached hydrogens (tertiary/aromatic N) is 2. The van der Waals surface area contributed by atoms with Crippen LogP contribution in [0.3, 0.4) is 0 Å². The summed E-state index contributed by atoms with van der Waals surface area (Å²) in [5.74, 6) is 0. The van der Waals surface area contributed by atoms with E-state index in [2.05, 4.69) is 30.7 Å². The molecule has 1 atom stereocenters. The molecule has 2 aliphatic rings. The third-order valence-electron chi connectivity index (χ3n) is 4.34. The number of nitrogens with two attached hydrogens (primary N) is 1. The van der Waals surface area contributed by atoms with Gasteiger partial charge in [-0.05, 0) is 40.3 Å². The summed E-state index contributed by atoms with van der Waals surface area (Å²) < 4.78 is 5.63. The molecule has 0 aromatic rings. The summed E-state index contributed by atoms with van der Waals surface area (Å²) in [6.07, 6.45) is 2.47. The molecule has 4 heteroatoms. The molecule has 0 aromatic heterocycles. The van der Waals surface area contributed by atoms with Crippen molar-refractivity contribution in [2.45, 2.75) is 37.8 Å². The molecule has 1 unspecified atom stereocenters. The molecule has 2 heterocycles. The normalized spacial score (nSPS) is 36.0. The van der Waals surface area contributed by atoms with E-state index in [9.17, 15) is 0 Å². The molecule has 0 saturated carbocycles. The first-order valence-corrected chi connectivity index (χ1v) is 6.74. The summed E-state index contributed by atoms with van der Waals surface area (Å²) in [7, 11) is 2.21. The minimum absolute atomic E-state index is 0.107. The van der Waals surface area contributed by atoms with Crippen molar-refractivity contribution in [3.63, 3.8) is 0 Å². The molecule has 17 heavy (non-hydrogen) atoms. The van der Waals surface area contributed by atoms with Gasteiger partial charge in [-0.1, -0.05) is 0 Å². The number of ether oxygens (including phenoxy) is 1. The topological polar surface area (TPSA) is 41.7 Å². The zero-order chi connectivity index (χ0) is 12.5. The zero-order valence-electron chi connectivity index (χ0n) is 11.5. The number of likely N-dealkylation sites (tertiary alicyclic amines) is 1. The Labute approximate surface area is 105 Å². The van der Waals surface area contributed by atoms with Crippen LogP contribution in [0.25, 0.3) is 0 Å². The average molecular weight is 241 g/mol. The molecule has 2 fully saturated rings. The molecular weight excluding hydrogens is 214 g/mol. The quantitative estimate of drug-likeness (QED) is 0.765. The average Bonchev–Trinajstić information content (AvgIpc) is 2.28. The summed E-state index contributed by atoms with van der Waals surface area (Å²) in [5, 5.41) is 0. The summed E-state index contributed by atoms with van der Waals surface area (Å²) in [4.78, 5) is 5.03. The first-order chi connectivity index (χ1) is 8.00. The van der Waals surface area contributed by atoms with E-state index < -0.39 is 0 Å². The van der Waals surface area contributed by atoms with E-state index in [0.717, 1.165) is 32.8 Å². The van der Waals surface area contributed by atoms with Gasteiger partial charge in [0.05, 0.1) is 13.2 Å². The smallest absolute Gasteiger partial charge is 0.0645 e. The van der Waals surface area contributed by atoms with Crippen LogP contribution in [-0.2, 0) is 4.74 Å². The van der Waals surface area contributed by atoms with E-state index in [1.165, 1.54) is 19.4 Å². The number of piperidine rings is 1. The van der Waals surface area contributed by atoms with Gasteiger partial charge in [0.1, 0.15) is 0 Å².